The lowest BCUT2D eigenvalue weighted by Crippen LogP contribution is -1.84. The van der Waals surface area contributed by atoms with Crippen molar-refractivity contribution < 1.29 is 5.11 Å². The molecule has 1 heteroatoms. The number of phenolic OH excluding ortho intramolecular Hbond substituents is 1. The molecule has 0 spiro atoms. The molecule has 1 aromatic carbocycles. The number of rotatable bonds is 0. The molecule has 0 saturated carbocycles. The number of aromatic hydroxyl groups is 1. The Morgan fingerprint density at radius 3 is 1.58 bits per heavy atom. The fraction of sp³-hybridized carbons (Fsp3) is 0.455. The fourth-order valence-corrected chi connectivity index (χ4v) is 1.01. The van der Waals surface area contributed by atoms with E-state index in [0.717, 1.165) is 11.1 Å². The maximum absolute atomic E-state index is 9.12. The van der Waals surface area contributed by atoms with Crippen LogP contribution in [0.4, 0.5) is 0 Å². The minimum absolute atomic E-state index is 0.362. The van der Waals surface area contributed by atoms with E-state index in [9.17, 15) is 0 Å². The molecular weight excluding hydrogens is 148 g/mol. The van der Waals surface area contributed by atoms with E-state index in [-0.39, 0.29) is 0 Å². The molecule has 68 valence electrons. The molecule has 0 atom stereocenters. The summed E-state index contributed by atoms with van der Waals surface area (Å²) in [6, 6.07) is 3.56. The van der Waals surface area contributed by atoms with E-state index >= 15 is 0 Å². The minimum atomic E-state index is 0.362. The van der Waals surface area contributed by atoms with Gasteiger partial charge in [0.05, 0.1) is 0 Å². The van der Waals surface area contributed by atoms with Crippen molar-refractivity contribution in [3.8, 4) is 5.75 Å². The molecule has 12 heavy (non-hydrogen) atoms. The van der Waals surface area contributed by atoms with Crippen molar-refractivity contribution in [2.24, 2.45) is 0 Å². The van der Waals surface area contributed by atoms with Crippen molar-refractivity contribution >= 4 is 0 Å². The molecule has 1 aromatic rings. The van der Waals surface area contributed by atoms with E-state index in [2.05, 4.69) is 6.92 Å². The van der Waals surface area contributed by atoms with E-state index in [1.165, 1.54) is 5.56 Å². The molecule has 0 fully saturated rings. The normalized spacial score (nSPS) is 8.75. The lowest BCUT2D eigenvalue weighted by atomic mass is 10.0. The molecule has 1 nitrogen and oxygen atoms in total. The number of benzene rings is 1. The topological polar surface area (TPSA) is 20.2 Å². The number of phenols is 1. The second-order valence-electron chi connectivity index (χ2n) is 2.70. The Morgan fingerprint density at radius 2 is 1.25 bits per heavy atom. The first-order chi connectivity index (χ1) is 5.61. The van der Waals surface area contributed by atoms with Gasteiger partial charge in [0.2, 0.25) is 0 Å². The monoisotopic (exact) mass is 166 g/mol. The predicted octanol–water partition coefficient (Wildman–Crippen LogP) is 3.34. The number of hydrogen-bond acceptors (Lipinski definition) is 1. The van der Waals surface area contributed by atoms with Crippen LogP contribution in [0.3, 0.4) is 0 Å². The summed E-state index contributed by atoms with van der Waals surface area (Å²) in [5.41, 5.74) is 3.56. The highest BCUT2D eigenvalue weighted by atomic mass is 16.3. The predicted molar refractivity (Wildman–Crippen MR) is 53.7 cm³/mol. The van der Waals surface area contributed by atoms with Crippen molar-refractivity contribution in [1.29, 1.82) is 0 Å². The Morgan fingerprint density at radius 1 is 0.917 bits per heavy atom. The fourth-order valence-electron chi connectivity index (χ4n) is 1.01. The van der Waals surface area contributed by atoms with Crippen molar-refractivity contribution in [1.82, 2.24) is 0 Å². The summed E-state index contributed by atoms with van der Waals surface area (Å²) in [6.07, 6.45) is 0. The van der Waals surface area contributed by atoms with Gasteiger partial charge in [-0.25, -0.2) is 0 Å². The van der Waals surface area contributed by atoms with Gasteiger partial charge >= 0.3 is 0 Å². The molecule has 0 radical (unpaired) electrons. The van der Waals surface area contributed by atoms with Crippen LogP contribution in [-0.2, 0) is 0 Å². The van der Waals surface area contributed by atoms with Gasteiger partial charge in [-0.3, -0.25) is 0 Å². The lowest BCUT2D eigenvalue weighted by Gasteiger charge is -2.03. The van der Waals surface area contributed by atoms with Crippen LogP contribution < -0.4 is 0 Å². The first-order valence-corrected chi connectivity index (χ1v) is 4.38. The molecule has 0 aromatic heterocycles. The standard InChI is InChI=1S/C9H12O.C2H6/c1-6-4-9(10)5-7(2)8(6)3;1-2/h4-5,10H,1-3H3;1-2H3. The zero-order valence-corrected chi connectivity index (χ0v) is 8.60. The second-order valence-corrected chi connectivity index (χ2v) is 2.70. The Kier molecular flexibility index (Phi) is 4.42. The Bertz CT molecular complexity index is 228. The highest BCUT2D eigenvalue weighted by Gasteiger charge is 1.97. The zero-order valence-electron chi connectivity index (χ0n) is 8.60. The van der Waals surface area contributed by atoms with Crippen molar-refractivity contribution in [2.75, 3.05) is 0 Å². The third kappa shape index (κ3) is 2.57. The molecule has 0 unspecified atom stereocenters. The smallest absolute Gasteiger partial charge is 0.116 e. The van der Waals surface area contributed by atoms with E-state index in [0.29, 0.717) is 5.75 Å². The molecule has 1 N–H and O–H groups in total. The van der Waals surface area contributed by atoms with Crippen molar-refractivity contribution in [2.45, 2.75) is 34.6 Å². The molecule has 0 bridgehead atoms. The molecule has 0 saturated heterocycles. The van der Waals surface area contributed by atoms with Gasteiger partial charge in [-0.05, 0) is 49.6 Å². The largest absolute Gasteiger partial charge is 0.508 e. The van der Waals surface area contributed by atoms with Gasteiger partial charge in [0.1, 0.15) is 5.75 Å². The van der Waals surface area contributed by atoms with Crippen molar-refractivity contribution in [3.63, 3.8) is 0 Å². The molecule has 1 rings (SSSR count). The van der Waals surface area contributed by atoms with Gasteiger partial charge in [-0.1, -0.05) is 13.8 Å². The van der Waals surface area contributed by atoms with Crippen LogP contribution in [0.1, 0.15) is 30.5 Å². The summed E-state index contributed by atoms with van der Waals surface area (Å²) in [7, 11) is 0. The number of aryl methyl sites for hydroxylation is 2. The van der Waals surface area contributed by atoms with Crippen LogP contribution in [0.2, 0.25) is 0 Å². The lowest BCUT2D eigenvalue weighted by molar-refractivity contribution is 0.474. The third-order valence-electron chi connectivity index (χ3n) is 1.91. The molecular formula is C11H18O. The first-order valence-electron chi connectivity index (χ1n) is 4.38. The highest BCUT2D eigenvalue weighted by Crippen LogP contribution is 2.18. The van der Waals surface area contributed by atoms with Crippen LogP contribution >= 0.6 is 0 Å². The summed E-state index contributed by atoms with van der Waals surface area (Å²) in [6.45, 7) is 10.1. The van der Waals surface area contributed by atoms with Crippen LogP contribution in [0.25, 0.3) is 0 Å². The summed E-state index contributed by atoms with van der Waals surface area (Å²) in [5.74, 6) is 0.362. The Labute approximate surface area is 75.1 Å². The Balaban J connectivity index is 0.000000561. The van der Waals surface area contributed by atoms with Gasteiger partial charge in [0, 0.05) is 0 Å². The maximum Gasteiger partial charge on any atom is 0.116 e. The van der Waals surface area contributed by atoms with Gasteiger partial charge in [0.15, 0.2) is 0 Å². The third-order valence-corrected chi connectivity index (χ3v) is 1.91. The zero-order chi connectivity index (χ0) is 9.72. The maximum atomic E-state index is 9.12. The quantitative estimate of drug-likeness (QED) is 0.626. The second kappa shape index (κ2) is 4.81. The SMILES string of the molecule is CC.Cc1cc(O)cc(C)c1C. The summed E-state index contributed by atoms with van der Waals surface area (Å²) >= 11 is 0. The van der Waals surface area contributed by atoms with E-state index in [1.54, 1.807) is 12.1 Å². The minimum Gasteiger partial charge on any atom is -0.508 e. The van der Waals surface area contributed by atoms with Crippen LogP contribution in [0.5, 0.6) is 5.75 Å². The summed E-state index contributed by atoms with van der Waals surface area (Å²) < 4.78 is 0. The van der Waals surface area contributed by atoms with Gasteiger partial charge < -0.3 is 5.11 Å². The average Bonchev–Trinajstić information content (AvgIpc) is 2.04. The van der Waals surface area contributed by atoms with Gasteiger partial charge in [0.25, 0.3) is 0 Å². The van der Waals surface area contributed by atoms with Gasteiger partial charge in [-0.2, -0.15) is 0 Å². The molecule has 0 aliphatic carbocycles. The highest BCUT2D eigenvalue weighted by molar-refractivity contribution is 5.39. The molecule has 0 amide bonds. The Hall–Kier alpha value is -0.980. The average molecular weight is 166 g/mol. The summed E-state index contributed by atoms with van der Waals surface area (Å²) in [5, 5.41) is 9.12. The van der Waals surface area contributed by atoms with E-state index in [4.69, 9.17) is 5.11 Å². The molecule has 0 aliphatic heterocycles. The van der Waals surface area contributed by atoms with Crippen LogP contribution in [0, 0.1) is 20.8 Å². The van der Waals surface area contributed by atoms with Crippen LogP contribution in [0.15, 0.2) is 12.1 Å². The van der Waals surface area contributed by atoms with E-state index in [1.807, 2.05) is 27.7 Å². The van der Waals surface area contributed by atoms with Gasteiger partial charge in [-0.15, -0.1) is 0 Å². The molecule has 0 aliphatic rings. The van der Waals surface area contributed by atoms with E-state index < -0.39 is 0 Å². The van der Waals surface area contributed by atoms with Crippen LogP contribution in [-0.4, -0.2) is 5.11 Å². The first kappa shape index (κ1) is 11.0. The number of hydrogen-bond donors (Lipinski definition) is 1. The summed E-state index contributed by atoms with van der Waals surface area (Å²) in [4.78, 5) is 0. The van der Waals surface area contributed by atoms with Crippen molar-refractivity contribution in [3.05, 3.63) is 28.8 Å². The molecule has 0 heterocycles.